The summed E-state index contributed by atoms with van der Waals surface area (Å²) in [6.45, 7) is 1.95. The van der Waals surface area contributed by atoms with Crippen LogP contribution in [0.4, 0.5) is 0 Å². The van der Waals surface area contributed by atoms with Gasteiger partial charge in [-0.05, 0) is 12.4 Å². The molecule has 0 rings (SSSR count). The van der Waals surface area contributed by atoms with E-state index in [2.05, 4.69) is 0 Å². The van der Waals surface area contributed by atoms with Gasteiger partial charge < -0.3 is 5.73 Å². The molecular formula is C3H8BN. The molecule has 0 heterocycles. The third-order valence-electron chi connectivity index (χ3n) is 0.471. The average molecular weight is 68.9 g/mol. The Morgan fingerprint density at radius 3 is 2.20 bits per heavy atom. The van der Waals surface area contributed by atoms with Gasteiger partial charge in [-0.1, -0.05) is 6.92 Å². The van der Waals surface area contributed by atoms with Crippen molar-refractivity contribution in [1.82, 2.24) is 0 Å². The van der Waals surface area contributed by atoms with Gasteiger partial charge in [0.2, 0.25) is 0 Å². The molecule has 5 heavy (non-hydrogen) atoms. The maximum atomic E-state index is 5.07. The number of nitrogens with two attached hydrogens (primary N) is 1. The zero-order valence-electron chi connectivity index (χ0n) is 3.44. The predicted molar refractivity (Wildman–Crippen MR) is 24.0 cm³/mol. The van der Waals surface area contributed by atoms with Gasteiger partial charge in [0.25, 0.3) is 0 Å². The zero-order valence-corrected chi connectivity index (χ0v) is 3.44. The van der Waals surface area contributed by atoms with E-state index in [9.17, 15) is 0 Å². The second-order valence-corrected chi connectivity index (χ2v) is 1.07. The fourth-order valence-electron chi connectivity index (χ4n) is 0. The van der Waals surface area contributed by atoms with Crippen LogP contribution < -0.4 is 5.73 Å². The van der Waals surface area contributed by atoms with Crippen molar-refractivity contribution in [3.05, 3.63) is 0 Å². The molecule has 0 saturated carbocycles. The quantitative estimate of drug-likeness (QED) is 0.425. The fraction of sp³-hybridized carbons (Fsp3) is 1.00. The summed E-state index contributed by atoms with van der Waals surface area (Å²) < 4.78 is 0. The Morgan fingerprint density at radius 2 is 2.20 bits per heavy atom. The molecular weight excluding hydrogens is 60.9 g/mol. The molecule has 2 N–H and O–H groups in total. The van der Waals surface area contributed by atoms with Crippen LogP contribution >= 0.6 is 0 Å². The van der Waals surface area contributed by atoms with Crippen molar-refractivity contribution < 1.29 is 0 Å². The van der Waals surface area contributed by atoms with Crippen molar-refractivity contribution in [3.8, 4) is 0 Å². The molecule has 1 atom stereocenters. The molecule has 0 fully saturated rings. The first-order valence-electron chi connectivity index (χ1n) is 1.78. The van der Waals surface area contributed by atoms with E-state index in [4.69, 9.17) is 13.6 Å². The normalized spacial score (nSPS) is 14.8. The molecule has 28 valence electrons. The van der Waals surface area contributed by atoms with Gasteiger partial charge in [0, 0.05) is 0 Å². The van der Waals surface area contributed by atoms with Crippen molar-refractivity contribution in [2.24, 2.45) is 5.73 Å². The summed E-state index contributed by atoms with van der Waals surface area (Å²) in [5, 5.41) is 0. The third kappa shape index (κ3) is 4.02. The molecule has 1 unspecified atom stereocenters. The van der Waals surface area contributed by atoms with Crippen LogP contribution in [-0.2, 0) is 0 Å². The third-order valence-corrected chi connectivity index (χ3v) is 0.471. The number of hydrogen-bond acceptors (Lipinski definition) is 1. The Bertz CT molecular complexity index is 20.9. The maximum Gasteiger partial charge on any atom is 0.0902 e. The molecule has 0 aliphatic rings. The summed E-state index contributed by atoms with van der Waals surface area (Å²) in [7, 11) is 5.07. The first kappa shape index (κ1) is 5.02. The minimum absolute atomic E-state index is 0.116. The van der Waals surface area contributed by atoms with E-state index in [0.29, 0.717) is 0 Å². The van der Waals surface area contributed by atoms with E-state index in [1.165, 1.54) is 0 Å². The molecule has 0 aromatic carbocycles. The van der Waals surface area contributed by atoms with Crippen LogP contribution in [0.5, 0.6) is 0 Å². The summed E-state index contributed by atoms with van der Waals surface area (Å²) >= 11 is 0. The zero-order chi connectivity index (χ0) is 4.28. The van der Waals surface area contributed by atoms with Crippen LogP contribution in [-0.4, -0.2) is 13.8 Å². The van der Waals surface area contributed by atoms with E-state index in [0.717, 1.165) is 6.42 Å². The van der Waals surface area contributed by atoms with Crippen LogP contribution in [0.3, 0.4) is 0 Å². The van der Waals surface area contributed by atoms with E-state index in [1.807, 2.05) is 6.92 Å². The number of rotatable bonds is 1. The van der Waals surface area contributed by atoms with Crippen molar-refractivity contribution in [2.45, 2.75) is 19.3 Å². The van der Waals surface area contributed by atoms with E-state index in [1.54, 1.807) is 0 Å². The summed E-state index contributed by atoms with van der Waals surface area (Å²) in [5.41, 5.74) is 5.07. The average Bonchev–Trinajstić information content (AvgIpc) is 1.38. The van der Waals surface area contributed by atoms with Crippen molar-refractivity contribution in [2.75, 3.05) is 0 Å². The highest BCUT2D eigenvalue weighted by molar-refractivity contribution is 6.11. The standard InChI is InChI=1S/C3H8BN/c1-2-3(4)5/h3H,2,5H2,1H3. The van der Waals surface area contributed by atoms with Crippen LogP contribution in [0, 0.1) is 0 Å². The Hall–Kier alpha value is 0.0249. The van der Waals surface area contributed by atoms with E-state index in [-0.39, 0.29) is 5.94 Å². The second-order valence-electron chi connectivity index (χ2n) is 1.07. The molecule has 0 spiro atoms. The van der Waals surface area contributed by atoms with Gasteiger partial charge in [0.05, 0.1) is 7.85 Å². The Kier molecular flexibility index (Phi) is 2.28. The molecule has 0 aromatic heterocycles. The van der Waals surface area contributed by atoms with Gasteiger partial charge in [-0.25, -0.2) is 0 Å². The molecule has 0 aliphatic carbocycles. The summed E-state index contributed by atoms with van der Waals surface area (Å²) in [5.74, 6) is -0.116. The molecule has 2 heteroatoms. The highest BCUT2D eigenvalue weighted by Crippen LogP contribution is 1.71. The minimum atomic E-state index is -0.116. The maximum absolute atomic E-state index is 5.07. The molecule has 0 bridgehead atoms. The SMILES string of the molecule is [B]C(N)CC. The van der Waals surface area contributed by atoms with Crippen LogP contribution in [0.25, 0.3) is 0 Å². The van der Waals surface area contributed by atoms with Crippen molar-refractivity contribution in [3.63, 3.8) is 0 Å². The molecule has 0 aliphatic heterocycles. The van der Waals surface area contributed by atoms with E-state index >= 15 is 0 Å². The monoisotopic (exact) mass is 69.1 g/mol. The largest absolute Gasteiger partial charge is 0.336 e. The summed E-state index contributed by atoms with van der Waals surface area (Å²) in [6, 6.07) is 0. The van der Waals surface area contributed by atoms with Crippen LogP contribution in [0.2, 0.25) is 0 Å². The predicted octanol–water partition coefficient (Wildman–Crippen LogP) is -0.150. The first-order chi connectivity index (χ1) is 2.27. The van der Waals surface area contributed by atoms with Gasteiger partial charge >= 0.3 is 0 Å². The minimum Gasteiger partial charge on any atom is -0.336 e. The van der Waals surface area contributed by atoms with Crippen molar-refractivity contribution >= 4 is 7.85 Å². The van der Waals surface area contributed by atoms with Crippen LogP contribution in [0.15, 0.2) is 0 Å². The van der Waals surface area contributed by atoms with Crippen LogP contribution in [0.1, 0.15) is 13.3 Å². The molecule has 2 radical (unpaired) electrons. The van der Waals surface area contributed by atoms with Crippen molar-refractivity contribution in [1.29, 1.82) is 0 Å². The molecule has 1 nitrogen and oxygen atoms in total. The van der Waals surface area contributed by atoms with Gasteiger partial charge in [-0.15, -0.1) is 0 Å². The fourth-order valence-corrected chi connectivity index (χ4v) is 0. The number of hydrogen-bond donors (Lipinski definition) is 1. The highest BCUT2D eigenvalue weighted by Gasteiger charge is 1.79. The lowest BCUT2D eigenvalue weighted by Crippen LogP contribution is -2.17. The Labute approximate surface area is 34.0 Å². The van der Waals surface area contributed by atoms with Gasteiger partial charge in [-0.3, -0.25) is 0 Å². The summed E-state index contributed by atoms with van der Waals surface area (Å²) in [6.07, 6.45) is 0.861. The van der Waals surface area contributed by atoms with Gasteiger partial charge in [0.15, 0.2) is 0 Å². The lowest BCUT2D eigenvalue weighted by Gasteiger charge is -1.92. The molecule has 0 aromatic rings. The summed E-state index contributed by atoms with van der Waals surface area (Å²) in [4.78, 5) is 0. The molecule has 0 saturated heterocycles. The lowest BCUT2D eigenvalue weighted by atomic mass is 9.96. The van der Waals surface area contributed by atoms with E-state index < -0.39 is 0 Å². The lowest BCUT2D eigenvalue weighted by molar-refractivity contribution is 0.856. The highest BCUT2D eigenvalue weighted by atomic mass is 14.6. The Morgan fingerprint density at radius 1 is 2.00 bits per heavy atom. The molecule has 0 amide bonds. The topological polar surface area (TPSA) is 26.0 Å². The van der Waals surface area contributed by atoms with Gasteiger partial charge in [-0.2, -0.15) is 0 Å². The van der Waals surface area contributed by atoms with Gasteiger partial charge in [0.1, 0.15) is 0 Å². The smallest absolute Gasteiger partial charge is 0.0902 e. The first-order valence-corrected chi connectivity index (χ1v) is 1.78. The Balaban J connectivity index is 2.54. The second kappa shape index (κ2) is 2.27.